The molecule has 1 fully saturated rings. The van der Waals surface area contributed by atoms with E-state index in [1.807, 2.05) is 0 Å². The zero-order chi connectivity index (χ0) is 19.6. The number of nitrogens with zero attached hydrogens (tertiary/aromatic N) is 2. The number of carbonyl (C=O) groups excluding carboxylic acids is 2. The first kappa shape index (κ1) is 18.9. The zero-order valence-corrected chi connectivity index (χ0v) is 14.6. The molecule has 5 nitrogen and oxygen atoms in total. The molecule has 0 saturated carbocycles. The van der Waals surface area contributed by atoms with Crippen molar-refractivity contribution in [2.24, 2.45) is 5.92 Å². The Balaban J connectivity index is 1.78. The van der Waals surface area contributed by atoms with Gasteiger partial charge in [-0.1, -0.05) is 13.0 Å². The Morgan fingerprint density at radius 1 is 1.11 bits per heavy atom. The third-order valence-electron chi connectivity index (χ3n) is 4.43. The van der Waals surface area contributed by atoms with Crippen LogP contribution in [0.3, 0.4) is 0 Å². The van der Waals surface area contributed by atoms with Gasteiger partial charge in [0.1, 0.15) is 11.4 Å². The largest absolute Gasteiger partial charge is 0.337 e. The van der Waals surface area contributed by atoms with Crippen molar-refractivity contribution in [2.45, 2.75) is 19.8 Å². The molecule has 2 heterocycles. The van der Waals surface area contributed by atoms with Crippen LogP contribution in [0.25, 0.3) is 0 Å². The lowest BCUT2D eigenvalue weighted by Gasteiger charge is -2.30. The van der Waals surface area contributed by atoms with Gasteiger partial charge in [0.25, 0.3) is 11.8 Å². The van der Waals surface area contributed by atoms with E-state index in [4.69, 9.17) is 0 Å². The summed E-state index contributed by atoms with van der Waals surface area (Å²) in [5, 5.41) is 2.14. The molecule has 2 amide bonds. The van der Waals surface area contributed by atoms with Gasteiger partial charge in [0.05, 0.1) is 5.69 Å². The van der Waals surface area contributed by atoms with Crippen LogP contribution < -0.4 is 5.32 Å². The third-order valence-corrected chi connectivity index (χ3v) is 4.43. The molecule has 0 bridgehead atoms. The van der Waals surface area contributed by atoms with Crippen molar-refractivity contribution < 1.29 is 22.8 Å². The fourth-order valence-electron chi connectivity index (χ4n) is 3.02. The Labute approximate surface area is 154 Å². The first-order chi connectivity index (χ1) is 12.9. The second kappa shape index (κ2) is 7.77. The number of carbonyl (C=O) groups is 2. The Kier molecular flexibility index (Phi) is 5.43. The lowest BCUT2D eigenvalue weighted by Crippen LogP contribution is -2.39. The molecule has 0 spiro atoms. The summed E-state index contributed by atoms with van der Waals surface area (Å²) in [6, 6.07) is 5.96. The predicted octanol–water partition coefficient (Wildman–Crippen LogP) is 3.62. The van der Waals surface area contributed by atoms with Gasteiger partial charge in [-0.05, 0) is 43.0 Å². The van der Waals surface area contributed by atoms with Crippen LogP contribution in [-0.4, -0.2) is 34.8 Å². The predicted molar refractivity (Wildman–Crippen MR) is 92.8 cm³/mol. The quantitative estimate of drug-likeness (QED) is 0.831. The van der Waals surface area contributed by atoms with Gasteiger partial charge in [-0.15, -0.1) is 0 Å². The lowest BCUT2D eigenvalue weighted by atomic mass is 10.00. The van der Waals surface area contributed by atoms with Crippen molar-refractivity contribution in [2.75, 3.05) is 18.4 Å². The number of pyridine rings is 1. The molecule has 1 aliphatic rings. The van der Waals surface area contributed by atoms with Crippen LogP contribution >= 0.6 is 0 Å². The summed E-state index contributed by atoms with van der Waals surface area (Å²) in [7, 11) is 0. The summed E-state index contributed by atoms with van der Waals surface area (Å²) in [6.07, 6.45) is 1.96. The highest BCUT2D eigenvalue weighted by Crippen LogP contribution is 2.21. The summed E-state index contributed by atoms with van der Waals surface area (Å²) >= 11 is 0. The fourth-order valence-corrected chi connectivity index (χ4v) is 3.02. The van der Waals surface area contributed by atoms with Crippen LogP contribution in [0.15, 0.2) is 30.3 Å². The van der Waals surface area contributed by atoms with E-state index in [9.17, 15) is 22.8 Å². The molecule has 1 unspecified atom stereocenters. The Hall–Kier alpha value is -2.90. The number of hydrogen-bond donors (Lipinski definition) is 1. The minimum atomic E-state index is -1.68. The SMILES string of the molecule is CC1CCCN(C(=O)c2cccc(C(=O)Nc3ccc(F)c(F)c3F)n2)C1. The number of benzene rings is 1. The van der Waals surface area contributed by atoms with Gasteiger partial charge in [0.2, 0.25) is 0 Å². The van der Waals surface area contributed by atoms with Crippen LogP contribution in [0.5, 0.6) is 0 Å². The number of nitrogens with one attached hydrogen (secondary N) is 1. The molecule has 1 aromatic carbocycles. The number of amides is 2. The number of likely N-dealkylation sites (tertiary alicyclic amines) is 1. The normalized spacial score (nSPS) is 16.9. The second-order valence-corrected chi connectivity index (χ2v) is 6.58. The molecular weight excluding hydrogens is 359 g/mol. The molecule has 1 aliphatic heterocycles. The molecule has 0 radical (unpaired) electrons. The van der Waals surface area contributed by atoms with Crippen LogP contribution in [0, 0.1) is 23.4 Å². The van der Waals surface area contributed by atoms with Crippen molar-refractivity contribution in [3.63, 3.8) is 0 Å². The van der Waals surface area contributed by atoms with Gasteiger partial charge in [-0.25, -0.2) is 18.2 Å². The summed E-state index contributed by atoms with van der Waals surface area (Å²) in [5.74, 6) is -5.25. The number of aromatic nitrogens is 1. The van der Waals surface area contributed by atoms with Crippen molar-refractivity contribution in [1.29, 1.82) is 0 Å². The van der Waals surface area contributed by atoms with E-state index in [1.54, 1.807) is 4.90 Å². The maximum atomic E-state index is 13.7. The second-order valence-electron chi connectivity index (χ2n) is 6.58. The van der Waals surface area contributed by atoms with Gasteiger partial charge in [-0.3, -0.25) is 9.59 Å². The molecule has 1 atom stereocenters. The average Bonchev–Trinajstić information content (AvgIpc) is 2.68. The van der Waals surface area contributed by atoms with Crippen LogP contribution in [0.4, 0.5) is 18.9 Å². The van der Waals surface area contributed by atoms with E-state index >= 15 is 0 Å². The third kappa shape index (κ3) is 4.10. The Morgan fingerprint density at radius 2 is 1.85 bits per heavy atom. The van der Waals surface area contributed by atoms with E-state index in [2.05, 4.69) is 17.2 Å². The van der Waals surface area contributed by atoms with Crippen LogP contribution in [0.2, 0.25) is 0 Å². The molecule has 27 heavy (non-hydrogen) atoms. The fraction of sp³-hybridized carbons (Fsp3) is 0.316. The molecule has 2 aromatic rings. The van der Waals surface area contributed by atoms with E-state index in [-0.39, 0.29) is 17.3 Å². The maximum absolute atomic E-state index is 13.7. The molecule has 1 N–H and O–H groups in total. The number of piperidine rings is 1. The molecule has 8 heteroatoms. The molecule has 1 saturated heterocycles. The molecule has 3 rings (SSSR count). The molecule has 1 aromatic heterocycles. The van der Waals surface area contributed by atoms with E-state index in [1.165, 1.54) is 18.2 Å². The summed E-state index contributed by atoms with van der Waals surface area (Å²) < 4.78 is 40.0. The van der Waals surface area contributed by atoms with E-state index in [0.717, 1.165) is 18.9 Å². The minimum absolute atomic E-state index is 0.0995. The highest BCUT2D eigenvalue weighted by atomic mass is 19.2. The van der Waals surface area contributed by atoms with Crippen molar-refractivity contribution in [3.8, 4) is 0 Å². The monoisotopic (exact) mass is 377 g/mol. The topological polar surface area (TPSA) is 62.3 Å². The molecule has 0 aliphatic carbocycles. The minimum Gasteiger partial charge on any atom is -0.337 e. The van der Waals surface area contributed by atoms with Gasteiger partial charge in [0.15, 0.2) is 17.5 Å². The first-order valence-electron chi connectivity index (χ1n) is 8.58. The highest BCUT2D eigenvalue weighted by Gasteiger charge is 2.24. The van der Waals surface area contributed by atoms with Crippen LogP contribution in [-0.2, 0) is 0 Å². The Bertz CT molecular complexity index is 888. The van der Waals surface area contributed by atoms with E-state index < -0.39 is 29.0 Å². The standard InChI is InChI=1S/C19H18F3N3O2/c1-11-4-3-9-25(10-11)19(27)15-6-2-5-14(23-15)18(26)24-13-8-7-12(20)16(21)17(13)22/h2,5-8,11H,3-4,9-10H2,1H3,(H,24,26). The summed E-state index contributed by atoms with van der Waals surface area (Å²) in [5.41, 5.74) is -0.542. The van der Waals surface area contributed by atoms with Gasteiger partial charge < -0.3 is 10.2 Å². The van der Waals surface area contributed by atoms with Crippen LogP contribution in [0.1, 0.15) is 40.7 Å². The number of rotatable bonds is 3. The Morgan fingerprint density at radius 3 is 2.59 bits per heavy atom. The van der Waals surface area contributed by atoms with Crippen molar-refractivity contribution in [3.05, 3.63) is 59.2 Å². The summed E-state index contributed by atoms with van der Waals surface area (Å²) in [6.45, 7) is 3.31. The van der Waals surface area contributed by atoms with Crippen molar-refractivity contribution in [1.82, 2.24) is 9.88 Å². The maximum Gasteiger partial charge on any atom is 0.274 e. The van der Waals surface area contributed by atoms with E-state index in [0.29, 0.717) is 25.1 Å². The van der Waals surface area contributed by atoms with Crippen molar-refractivity contribution >= 4 is 17.5 Å². The number of halogens is 3. The smallest absolute Gasteiger partial charge is 0.274 e. The molecule has 142 valence electrons. The number of hydrogen-bond acceptors (Lipinski definition) is 3. The number of anilines is 1. The lowest BCUT2D eigenvalue weighted by molar-refractivity contribution is 0.0677. The highest BCUT2D eigenvalue weighted by molar-refractivity contribution is 6.03. The zero-order valence-electron chi connectivity index (χ0n) is 14.6. The van der Waals surface area contributed by atoms with Gasteiger partial charge in [0, 0.05) is 13.1 Å². The van der Waals surface area contributed by atoms with Gasteiger partial charge >= 0.3 is 0 Å². The van der Waals surface area contributed by atoms with Gasteiger partial charge in [-0.2, -0.15) is 0 Å². The first-order valence-corrected chi connectivity index (χ1v) is 8.58. The summed E-state index contributed by atoms with van der Waals surface area (Å²) in [4.78, 5) is 30.6. The molecular formula is C19H18F3N3O2. The average molecular weight is 377 g/mol.